The molecule has 94 valence electrons. The quantitative estimate of drug-likeness (QED) is 0.713. The minimum Gasteiger partial charge on any atom is -0.206 e. The lowest BCUT2D eigenvalue weighted by atomic mass is 9.99. The van der Waals surface area contributed by atoms with Crippen molar-refractivity contribution in [2.45, 2.75) is 19.8 Å². The topological polar surface area (TPSA) is 0 Å². The van der Waals surface area contributed by atoms with E-state index >= 15 is 0 Å². The summed E-state index contributed by atoms with van der Waals surface area (Å²) in [6.45, 7) is 1.97. The van der Waals surface area contributed by atoms with Crippen LogP contribution in [0.2, 0.25) is 5.02 Å². The highest BCUT2D eigenvalue weighted by molar-refractivity contribution is 6.33. The zero-order valence-corrected chi connectivity index (χ0v) is 10.8. The first-order chi connectivity index (χ1) is 8.65. The highest BCUT2D eigenvalue weighted by atomic mass is 35.5. The Kier molecular flexibility index (Phi) is 3.97. The first-order valence-corrected chi connectivity index (χ1v) is 6.24. The Labute approximate surface area is 110 Å². The van der Waals surface area contributed by atoms with E-state index in [0.29, 0.717) is 12.0 Å². The van der Waals surface area contributed by atoms with Crippen molar-refractivity contribution in [3.63, 3.8) is 0 Å². The molecule has 0 aliphatic rings. The molecule has 18 heavy (non-hydrogen) atoms. The summed E-state index contributed by atoms with van der Waals surface area (Å²) >= 11 is 5.96. The van der Waals surface area contributed by atoms with Crippen LogP contribution in [-0.4, -0.2) is 0 Å². The SMILES string of the molecule is CCCc1cccc(-c2c(F)cccc2Cl)c1F. The van der Waals surface area contributed by atoms with E-state index in [1.54, 1.807) is 24.3 Å². The summed E-state index contributed by atoms with van der Waals surface area (Å²) in [6.07, 6.45) is 1.47. The summed E-state index contributed by atoms with van der Waals surface area (Å²) in [5, 5.41) is 0.225. The molecule has 2 rings (SSSR count). The molecule has 0 N–H and O–H groups in total. The normalized spacial score (nSPS) is 10.7. The van der Waals surface area contributed by atoms with Crippen LogP contribution in [0.3, 0.4) is 0 Å². The molecule has 0 unspecified atom stereocenters. The fraction of sp³-hybridized carbons (Fsp3) is 0.200. The average molecular weight is 267 g/mol. The second kappa shape index (κ2) is 5.49. The predicted molar refractivity (Wildman–Crippen MR) is 70.8 cm³/mol. The molecule has 2 aromatic carbocycles. The molecule has 3 heteroatoms. The van der Waals surface area contributed by atoms with E-state index in [9.17, 15) is 8.78 Å². The summed E-state index contributed by atoms with van der Waals surface area (Å²) in [5.74, 6) is -0.888. The van der Waals surface area contributed by atoms with Crippen molar-refractivity contribution in [3.8, 4) is 11.1 Å². The molecule has 0 amide bonds. The molecular formula is C15H13ClF2. The van der Waals surface area contributed by atoms with E-state index in [2.05, 4.69) is 0 Å². The van der Waals surface area contributed by atoms with Gasteiger partial charge in [0.1, 0.15) is 11.6 Å². The summed E-state index contributed by atoms with van der Waals surface area (Å²) < 4.78 is 28.1. The van der Waals surface area contributed by atoms with Crippen LogP contribution in [0, 0.1) is 11.6 Å². The molecule has 0 aromatic heterocycles. The molecule has 0 fully saturated rings. The van der Waals surface area contributed by atoms with Crippen LogP contribution < -0.4 is 0 Å². The minimum atomic E-state index is -0.505. The van der Waals surface area contributed by atoms with Crippen LogP contribution in [-0.2, 0) is 6.42 Å². The molecule has 0 radical (unpaired) electrons. The molecule has 2 aromatic rings. The van der Waals surface area contributed by atoms with Gasteiger partial charge in [0, 0.05) is 11.1 Å². The van der Waals surface area contributed by atoms with Gasteiger partial charge in [0.05, 0.1) is 5.02 Å². The highest BCUT2D eigenvalue weighted by Crippen LogP contribution is 2.33. The standard InChI is InChI=1S/C15H13ClF2/c1-2-5-10-6-3-7-11(15(10)18)14-12(16)8-4-9-13(14)17/h3-4,6-9H,2,5H2,1H3. The van der Waals surface area contributed by atoms with Crippen LogP contribution in [0.4, 0.5) is 8.78 Å². The van der Waals surface area contributed by atoms with Crippen molar-refractivity contribution in [1.82, 2.24) is 0 Å². The number of halogens is 3. The minimum absolute atomic E-state index is 0.134. The zero-order chi connectivity index (χ0) is 13.1. The Morgan fingerprint density at radius 2 is 1.78 bits per heavy atom. The van der Waals surface area contributed by atoms with E-state index in [1.165, 1.54) is 12.1 Å². The molecule has 0 spiro atoms. The van der Waals surface area contributed by atoms with Crippen LogP contribution in [0.5, 0.6) is 0 Å². The second-order valence-corrected chi connectivity index (χ2v) is 4.53. The van der Waals surface area contributed by atoms with Gasteiger partial charge in [0.25, 0.3) is 0 Å². The molecule has 0 aliphatic carbocycles. The maximum absolute atomic E-state index is 14.3. The van der Waals surface area contributed by atoms with Crippen molar-refractivity contribution in [2.75, 3.05) is 0 Å². The van der Waals surface area contributed by atoms with Crippen molar-refractivity contribution in [2.24, 2.45) is 0 Å². The number of aryl methyl sites for hydroxylation is 1. The Balaban J connectivity index is 2.61. The van der Waals surface area contributed by atoms with Gasteiger partial charge in [-0.2, -0.15) is 0 Å². The Morgan fingerprint density at radius 1 is 1.06 bits per heavy atom. The molecule has 0 nitrogen and oxygen atoms in total. The van der Waals surface area contributed by atoms with Crippen LogP contribution in [0.25, 0.3) is 11.1 Å². The first-order valence-electron chi connectivity index (χ1n) is 5.87. The van der Waals surface area contributed by atoms with Crippen LogP contribution in [0.15, 0.2) is 36.4 Å². The molecule has 0 heterocycles. The Bertz CT molecular complexity index is 544. The van der Waals surface area contributed by atoms with Gasteiger partial charge in [-0.05, 0) is 24.1 Å². The van der Waals surface area contributed by atoms with Crippen molar-refractivity contribution in [1.29, 1.82) is 0 Å². The maximum atomic E-state index is 14.3. The predicted octanol–water partition coefficient (Wildman–Crippen LogP) is 5.24. The third-order valence-electron chi connectivity index (χ3n) is 2.83. The van der Waals surface area contributed by atoms with Gasteiger partial charge in [-0.15, -0.1) is 0 Å². The van der Waals surface area contributed by atoms with E-state index in [1.807, 2.05) is 6.92 Å². The second-order valence-electron chi connectivity index (χ2n) is 4.13. The zero-order valence-electron chi connectivity index (χ0n) is 10.0. The van der Waals surface area contributed by atoms with Gasteiger partial charge >= 0.3 is 0 Å². The van der Waals surface area contributed by atoms with Gasteiger partial charge in [-0.25, -0.2) is 8.78 Å². The van der Waals surface area contributed by atoms with Crippen molar-refractivity contribution >= 4 is 11.6 Å². The van der Waals surface area contributed by atoms with Gasteiger partial charge in [0.2, 0.25) is 0 Å². The Morgan fingerprint density at radius 3 is 2.44 bits per heavy atom. The smallest absolute Gasteiger partial charge is 0.134 e. The third-order valence-corrected chi connectivity index (χ3v) is 3.15. The van der Waals surface area contributed by atoms with Gasteiger partial charge in [0.15, 0.2) is 0 Å². The van der Waals surface area contributed by atoms with Crippen molar-refractivity contribution in [3.05, 3.63) is 58.6 Å². The fourth-order valence-corrected chi connectivity index (χ4v) is 2.26. The fourth-order valence-electron chi connectivity index (χ4n) is 1.99. The van der Waals surface area contributed by atoms with Gasteiger partial charge in [-0.1, -0.05) is 49.2 Å². The largest absolute Gasteiger partial charge is 0.206 e. The highest BCUT2D eigenvalue weighted by Gasteiger charge is 2.15. The number of rotatable bonds is 3. The van der Waals surface area contributed by atoms with Crippen LogP contribution >= 0.6 is 11.6 Å². The monoisotopic (exact) mass is 266 g/mol. The maximum Gasteiger partial charge on any atom is 0.134 e. The Hall–Kier alpha value is -1.41. The third kappa shape index (κ3) is 2.39. The summed E-state index contributed by atoms with van der Waals surface area (Å²) in [6, 6.07) is 9.36. The van der Waals surface area contributed by atoms with Crippen LogP contribution in [0.1, 0.15) is 18.9 Å². The lowest BCUT2D eigenvalue weighted by molar-refractivity contribution is 0.603. The molecule has 0 aliphatic heterocycles. The molecule has 0 saturated carbocycles. The molecular weight excluding hydrogens is 254 g/mol. The summed E-state index contributed by atoms with van der Waals surface area (Å²) in [5.41, 5.74) is 0.952. The average Bonchev–Trinajstić information content (AvgIpc) is 2.33. The first kappa shape index (κ1) is 13.0. The van der Waals surface area contributed by atoms with E-state index in [4.69, 9.17) is 11.6 Å². The summed E-state index contributed by atoms with van der Waals surface area (Å²) in [4.78, 5) is 0. The lowest BCUT2D eigenvalue weighted by Crippen LogP contribution is -1.95. The molecule has 0 atom stereocenters. The molecule has 0 saturated heterocycles. The van der Waals surface area contributed by atoms with E-state index in [0.717, 1.165) is 6.42 Å². The number of benzene rings is 2. The van der Waals surface area contributed by atoms with Gasteiger partial charge < -0.3 is 0 Å². The van der Waals surface area contributed by atoms with Gasteiger partial charge in [-0.3, -0.25) is 0 Å². The van der Waals surface area contributed by atoms with E-state index in [-0.39, 0.29) is 22.0 Å². The summed E-state index contributed by atoms with van der Waals surface area (Å²) in [7, 11) is 0. The van der Waals surface area contributed by atoms with E-state index < -0.39 is 5.82 Å². The lowest BCUT2D eigenvalue weighted by Gasteiger charge is -2.10. The number of hydrogen-bond acceptors (Lipinski definition) is 0. The number of hydrogen-bond donors (Lipinski definition) is 0. The molecule has 0 bridgehead atoms. The van der Waals surface area contributed by atoms with Crippen molar-refractivity contribution < 1.29 is 8.78 Å².